The molecule has 2 rings (SSSR count). The van der Waals surface area contributed by atoms with Gasteiger partial charge in [0.15, 0.2) is 21.6 Å². The molecule has 1 aromatic carbocycles. The first-order valence-electron chi connectivity index (χ1n) is 5.74. The van der Waals surface area contributed by atoms with Crippen molar-refractivity contribution in [1.29, 1.82) is 0 Å². The van der Waals surface area contributed by atoms with Crippen molar-refractivity contribution < 1.29 is 18.3 Å². The van der Waals surface area contributed by atoms with Crippen molar-refractivity contribution in [2.24, 2.45) is 0 Å². The molecule has 2 aromatic rings. The number of rotatable bonds is 3. The molecule has 0 aliphatic rings. The van der Waals surface area contributed by atoms with E-state index in [-0.39, 0.29) is 21.6 Å². The molecule has 0 saturated heterocycles. The van der Waals surface area contributed by atoms with Gasteiger partial charge in [0.25, 0.3) is 0 Å². The number of aromatic hydroxyl groups is 1. The summed E-state index contributed by atoms with van der Waals surface area (Å²) in [4.78, 5) is 15.2. The zero-order valence-corrected chi connectivity index (χ0v) is 13.1. The maximum absolute atomic E-state index is 11.8. The van der Waals surface area contributed by atoms with E-state index in [0.717, 1.165) is 0 Å². The summed E-state index contributed by atoms with van der Waals surface area (Å²) in [6.45, 7) is 0. The number of phenols is 1. The summed E-state index contributed by atoms with van der Waals surface area (Å²) in [5.41, 5.74) is 0.140. The van der Waals surface area contributed by atoms with Gasteiger partial charge in [0.2, 0.25) is 0 Å². The number of thiol groups is 1. The Bertz CT molecular complexity index is 803. The van der Waals surface area contributed by atoms with E-state index in [1.807, 2.05) is 0 Å². The molecule has 0 unspecified atom stereocenters. The van der Waals surface area contributed by atoms with Crippen molar-refractivity contribution in [2.45, 2.75) is 4.90 Å². The van der Waals surface area contributed by atoms with E-state index in [4.69, 9.17) is 23.2 Å². The number of pyridine rings is 1. The molecule has 3 N–H and O–H groups in total. The minimum atomic E-state index is -3.12. The summed E-state index contributed by atoms with van der Waals surface area (Å²) in [5.74, 6) is -0.643. The van der Waals surface area contributed by atoms with Crippen LogP contribution in [0.4, 0.5) is 16.2 Å². The fourth-order valence-electron chi connectivity index (χ4n) is 1.58. The van der Waals surface area contributed by atoms with Gasteiger partial charge in [0, 0.05) is 6.20 Å². The molecule has 7 nitrogen and oxygen atoms in total. The third-order valence-corrected chi connectivity index (χ3v) is 4.11. The van der Waals surface area contributed by atoms with Gasteiger partial charge in [-0.15, -0.1) is 0 Å². The topological polar surface area (TPSA) is 108 Å². The molecule has 10 heteroatoms. The lowest BCUT2D eigenvalue weighted by Crippen LogP contribution is -2.20. The van der Waals surface area contributed by atoms with Crippen molar-refractivity contribution in [3.8, 4) is 5.75 Å². The van der Waals surface area contributed by atoms with Gasteiger partial charge in [-0.25, -0.2) is 18.2 Å². The minimum Gasteiger partial charge on any atom is -0.504 e. The van der Waals surface area contributed by atoms with Crippen LogP contribution in [0.1, 0.15) is 0 Å². The summed E-state index contributed by atoms with van der Waals surface area (Å²) < 4.78 is 22.1. The Morgan fingerprint density at radius 3 is 2.45 bits per heavy atom. The summed E-state index contributed by atoms with van der Waals surface area (Å²) in [7, 11) is -3.12. The molecule has 22 heavy (non-hydrogen) atoms. The lowest BCUT2D eigenvalue weighted by molar-refractivity contribution is 0.262. The Morgan fingerprint density at radius 2 is 1.82 bits per heavy atom. The molecule has 1 aromatic heterocycles. The van der Waals surface area contributed by atoms with Gasteiger partial charge in [-0.2, -0.15) is 0 Å². The highest BCUT2D eigenvalue weighted by Gasteiger charge is 2.16. The average molecular weight is 362 g/mol. The van der Waals surface area contributed by atoms with Crippen LogP contribution in [0, 0.1) is 0 Å². The second-order valence-electron chi connectivity index (χ2n) is 3.97. The highest BCUT2D eigenvalue weighted by Crippen LogP contribution is 2.34. The van der Waals surface area contributed by atoms with Crippen LogP contribution >= 0.6 is 23.2 Å². The second kappa shape index (κ2) is 6.82. The fourth-order valence-corrected chi connectivity index (χ4v) is 2.65. The maximum Gasteiger partial charge on any atom is 0.323 e. The third-order valence-electron chi connectivity index (χ3n) is 2.54. The van der Waals surface area contributed by atoms with Gasteiger partial charge >= 0.3 is 6.03 Å². The van der Waals surface area contributed by atoms with Gasteiger partial charge < -0.3 is 15.7 Å². The number of benzene rings is 1. The monoisotopic (exact) mass is 361 g/mol. The molecule has 0 aliphatic carbocycles. The van der Waals surface area contributed by atoms with Crippen molar-refractivity contribution in [3.63, 3.8) is 0 Å². The number of nitrogens with zero attached hydrogens (tertiary/aromatic N) is 1. The van der Waals surface area contributed by atoms with Gasteiger partial charge in [-0.3, -0.25) is 0 Å². The second-order valence-corrected chi connectivity index (χ2v) is 5.70. The smallest absolute Gasteiger partial charge is 0.323 e. The van der Waals surface area contributed by atoms with Crippen molar-refractivity contribution in [1.82, 2.24) is 4.98 Å². The van der Waals surface area contributed by atoms with E-state index in [1.165, 1.54) is 24.4 Å². The molecular formula is C12H9Cl2N3O4S. The molecule has 0 spiro atoms. The summed E-state index contributed by atoms with van der Waals surface area (Å²) in [5, 5.41) is 14.5. The molecule has 0 bridgehead atoms. The number of hydrogen-bond donors (Lipinski definition) is 4. The number of halogens is 2. The van der Waals surface area contributed by atoms with Crippen LogP contribution < -0.4 is 10.6 Å². The van der Waals surface area contributed by atoms with E-state index in [1.54, 1.807) is 6.07 Å². The SMILES string of the molecule is O=C(Nc1cccnc1Cl)Nc1ccc(Cl)c([SH](=O)=O)c1O. The van der Waals surface area contributed by atoms with E-state index < -0.39 is 27.4 Å². The van der Waals surface area contributed by atoms with Gasteiger partial charge in [0.05, 0.1) is 16.4 Å². The van der Waals surface area contributed by atoms with Crippen LogP contribution in [0.15, 0.2) is 35.4 Å². The lowest BCUT2D eigenvalue weighted by atomic mass is 10.3. The first kappa shape index (κ1) is 16.3. The Labute approximate surface area is 136 Å². The molecule has 0 aliphatic heterocycles. The Kier molecular flexibility index (Phi) is 5.07. The van der Waals surface area contributed by atoms with Crippen molar-refractivity contribution in [3.05, 3.63) is 40.6 Å². The molecule has 0 fully saturated rings. The van der Waals surface area contributed by atoms with E-state index in [2.05, 4.69) is 15.6 Å². The number of amides is 2. The number of carbonyl (C=O) groups excluding carboxylic acids is 1. The summed E-state index contributed by atoms with van der Waals surface area (Å²) in [6, 6.07) is 4.87. The number of phenolic OH excluding ortho intramolecular Hbond substituents is 1. The first-order valence-corrected chi connectivity index (χ1v) is 7.68. The van der Waals surface area contributed by atoms with E-state index in [0.29, 0.717) is 0 Å². The normalized spacial score (nSPS) is 10.5. The summed E-state index contributed by atoms with van der Waals surface area (Å²) >= 11 is 11.5. The number of hydrogen-bond acceptors (Lipinski definition) is 5. The molecule has 1 heterocycles. The van der Waals surface area contributed by atoms with Crippen LogP contribution in [0.25, 0.3) is 0 Å². The highest BCUT2D eigenvalue weighted by molar-refractivity contribution is 7.72. The number of aromatic nitrogens is 1. The largest absolute Gasteiger partial charge is 0.504 e. The van der Waals surface area contributed by atoms with Gasteiger partial charge in [0.1, 0.15) is 4.90 Å². The molecule has 2 amide bonds. The van der Waals surface area contributed by atoms with Crippen LogP contribution in [0.5, 0.6) is 5.75 Å². The molecule has 0 atom stereocenters. The maximum atomic E-state index is 11.8. The third kappa shape index (κ3) is 3.59. The number of carbonyl (C=O) groups is 1. The Balaban J connectivity index is 2.23. The molecule has 116 valence electrons. The van der Waals surface area contributed by atoms with Crippen LogP contribution in [0.3, 0.4) is 0 Å². The zero-order chi connectivity index (χ0) is 16.3. The minimum absolute atomic E-state index is 0.0845. The zero-order valence-electron chi connectivity index (χ0n) is 10.7. The predicted molar refractivity (Wildman–Crippen MR) is 83.6 cm³/mol. The predicted octanol–water partition coefficient (Wildman–Crippen LogP) is 2.71. The molecular weight excluding hydrogens is 353 g/mol. The van der Waals surface area contributed by atoms with Gasteiger partial charge in [-0.05, 0) is 24.3 Å². The van der Waals surface area contributed by atoms with E-state index >= 15 is 0 Å². The average Bonchev–Trinajstić information content (AvgIpc) is 2.44. The number of nitrogens with one attached hydrogen (secondary N) is 2. The van der Waals surface area contributed by atoms with Crippen molar-refractivity contribution in [2.75, 3.05) is 10.6 Å². The Morgan fingerprint density at radius 1 is 1.14 bits per heavy atom. The van der Waals surface area contributed by atoms with Crippen LogP contribution in [0.2, 0.25) is 10.2 Å². The number of urea groups is 1. The molecule has 0 radical (unpaired) electrons. The quantitative estimate of drug-likeness (QED) is 0.381. The van der Waals surface area contributed by atoms with E-state index in [9.17, 15) is 18.3 Å². The van der Waals surface area contributed by atoms with Gasteiger partial charge in [-0.1, -0.05) is 23.2 Å². The lowest BCUT2D eigenvalue weighted by Gasteiger charge is -2.11. The number of anilines is 2. The standard InChI is InChI=1S/C12H9Cl2N3O4S/c13-6-3-4-7(9(18)10(6)22(20)21)16-12(19)17-8-2-1-5-15-11(8)14/h1-5,18,22H,(H2,16,17,19). The first-order chi connectivity index (χ1) is 10.4. The van der Waals surface area contributed by atoms with Crippen LogP contribution in [-0.4, -0.2) is 24.5 Å². The molecule has 0 saturated carbocycles. The van der Waals surface area contributed by atoms with Crippen molar-refractivity contribution >= 4 is 51.3 Å². The fraction of sp³-hybridized carbons (Fsp3) is 0. The van der Waals surface area contributed by atoms with Crippen LogP contribution in [-0.2, 0) is 10.7 Å². The Hall–Kier alpha value is -2.03. The highest BCUT2D eigenvalue weighted by atomic mass is 35.5. The summed E-state index contributed by atoms with van der Waals surface area (Å²) in [6.07, 6.45) is 1.45.